The molecule has 13 heteroatoms. The zero-order chi connectivity index (χ0) is 29.0. The Bertz CT molecular complexity index is 1520. The second-order valence-corrected chi connectivity index (χ2v) is 9.59. The third-order valence-corrected chi connectivity index (χ3v) is 6.67. The van der Waals surface area contributed by atoms with Crippen LogP contribution in [0.2, 0.25) is 0 Å². The maximum absolute atomic E-state index is 13.0. The molecule has 1 aliphatic rings. The van der Waals surface area contributed by atoms with Crippen LogP contribution in [0.15, 0.2) is 48.9 Å². The molecule has 1 aromatic carbocycles. The predicted molar refractivity (Wildman–Crippen MR) is 143 cm³/mol. The van der Waals surface area contributed by atoms with E-state index in [-0.39, 0.29) is 17.3 Å². The van der Waals surface area contributed by atoms with E-state index in [1.54, 1.807) is 30.5 Å². The van der Waals surface area contributed by atoms with Crippen molar-refractivity contribution < 1.29 is 36.9 Å². The van der Waals surface area contributed by atoms with Crippen LogP contribution in [0.25, 0.3) is 10.9 Å². The Kier molecular flexibility index (Phi) is 8.13. The van der Waals surface area contributed by atoms with Gasteiger partial charge in [-0.05, 0) is 43.0 Å². The van der Waals surface area contributed by atoms with E-state index in [0.717, 1.165) is 25.7 Å². The quantitative estimate of drug-likeness (QED) is 0.246. The second kappa shape index (κ2) is 11.9. The van der Waals surface area contributed by atoms with Crippen molar-refractivity contribution in [2.45, 2.75) is 38.4 Å². The van der Waals surface area contributed by atoms with E-state index in [4.69, 9.17) is 18.9 Å². The first-order valence-electron chi connectivity index (χ1n) is 13.0. The number of fused-ring (bicyclic) bond motifs is 1. The SMILES string of the molecule is COc1cc2nccc(Oc3ccc(NC(=O)c4nn(CC5CCCC5)cc4OCC(F)(F)F)nc3)c2cc1OC. The summed E-state index contributed by atoms with van der Waals surface area (Å²) in [5.41, 5.74) is 0.384. The lowest BCUT2D eigenvalue weighted by Gasteiger charge is -2.12. The Hall–Kier alpha value is -4.55. The number of ether oxygens (including phenoxy) is 4. The number of benzene rings is 1. The summed E-state index contributed by atoms with van der Waals surface area (Å²) in [6.45, 7) is -1.03. The van der Waals surface area contributed by atoms with E-state index in [0.29, 0.717) is 46.4 Å². The van der Waals surface area contributed by atoms with E-state index >= 15 is 0 Å². The van der Waals surface area contributed by atoms with E-state index in [2.05, 4.69) is 20.4 Å². The summed E-state index contributed by atoms with van der Waals surface area (Å²) in [5, 5.41) is 7.48. The molecule has 3 aromatic heterocycles. The molecular weight excluding hydrogens is 543 g/mol. The molecule has 0 bridgehead atoms. The first-order chi connectivity index (χ1) is 19.7. The molecule has 0 aliphatic heterocycles. The van der Waals surface area contributed by atoms with Crippen molar-refractivity contribution in [3.8, 4) is 28.7 Å². The number of rotatable bonds is 10. The molecule has 41 heavy (non-hydrogen) atoms. The Balaban J connectivity index is 1.31. The normalized spacial score (nSPS) is 13.8. The van der Waals surface area contributed by atoms with Gasteiger partial charge >= 0.3 is 6.18 Å². The number of carbonyl (C=O) groups excluding carboxylic acids is 1. The maximum atomic E-state index is 13.0. The zero-order valence-corrected chi connectivity index (χ0v) is 22.4. The molecule has 0 atom stereocenters. The van der Waals surface area contributed by atoms with Crippen molar-refractivity contribution in [3.05, 3.63) is 54.6 Å². The van der Waals surface area contributed by atoms with Crippen LogP contribution in [0.3, 0.4) is 0 Å². The number of hydrogen-bond donors (Lipinski definition) is 1. The highest BCUT2D eigenvalue weighted by Crippen LogP contribution is 2.37. The van der Waals surface area contributed by atoms with Crippen LogP contribution in [0, 0.1) is 5.92 Å². The van der Waals surface area contributed by atoms with Gasteiger partial charge in [0.25, 0.3) is 5.91 Å². The van der Waals surface area contributed by atoms with Gasteiger partial charge in [-0.25, -0.2) is 4.98 Å². The molecule has 0 saturated heterocycles. The molecular formula is C28H28F3N5O5. The molecule has 0 unspecified atom stereocenters. The average Bonchev–Trinajstić information content (AvgIpc) is 3.62. The molecule has 0 radical (unpaired) electrons. The molecule has 3 heterocycles. The van der Waals surface area contributed by atoms with Gasteiger partial charge in [-0.2, -0.15) is 18.3 Å². The van der Waals surface area contributed by atoms with Gasteiger partial charge in [0.05, 0.1) is 32.1 Å². The molecule has 1 fully saturated rings. The van der Waals surface area contributed by atoms with E-state index < -0.39 is 18.7 Å². The van der Waals surface area contributed by atoms with Gasteiger partial charge in [-0.1, -0.05) is 12.8 Å². The lowest BCUT2D eigenvalue weighted by atomic mass is 10.1. The number of pyridine rings is 2. The largest absolute Gasteiger partial charge is 0.493 e. The summed E-state index contributed by atoms with van der Waals surface area (Å²) >= 11 is 0. The lowest BCUT2D eigenvalue weighted by molar-refractivity contribution is -0.153. The van der Waals surface area contributed by atoms with Gasteiger partial charge in [-0.3, -0.25) is 14.5 Å². The van der Waals surface area contributed by atoms with Crippen LogP contribution in [-0.4, -0.2) is 52.7 Å². The van der Waals surface area contributed by atoms with Crippen LogP contribution < -0.4 is 24.3 Å². The zero-order valence-electron chi connectivity index (χ0n) is 22.4. The number of hydrogen-bond acceptors (Lipinski definition) is 8. The van der Waals surface area contributed by atoms with Gasteiger partial charge in [0.15, 0.2) is 29.5 Å². The Morgan fingerprint density at radius 3 is 2.46 bits per heavy atom. The lowest BCUT2D eigenvalue weighted by Crippen LogP contribution is -2.21. The number of amides is 1. The Morgan fingerprint density at radius 1 is 1.02 bits per heavy atom. The standard InChI is InChI=1S/C28H28F3N5O5/c1-38-22-11-19-20(12-23(22)39-2)32-10-9-21(19)41-18-7-8-25(33-13-18)34-27(37)26-24(40-16-28(29,30)31)15-36(35-26)14-17-5-3-4-6-17/h7-13,15,17H,3-6,14,16H2,1-2H3,(H,33,34,37). The first kappa shape index (κ1) is 28.0. The highest BCUT2D eigenvalue weighted by atomic mass is 19.4. The maximum Gasteiger partial charge on any atom is 0.422 e. The summed E-state index contributed by atoms with van der Waals surface area (Å²) in [4.78, 5) is 21.6. The number of nitrogens with one attached hydrogen (secondary N) is 1. The fourth-order valence-corrected chi connectivity index (χ4v) is 4.73. The number of carbonyl (C=O) groups is 1. The van der Waals surface area contributed by atoms with Crippen molar-refractivity contribution in [1.29, 1.82) is 0 Å². The van der Waals surface area contributed by atoms with Crippen molar-refractivity contribution in [2.24, 2.45) is 5.92 Å². The van der Waals surface area contributed by atoms with Crippen molar-refractivity contribution in [3.63, 3.8) is 0 Å². The van der Waals surface area contributed by atoms with Gasteiger partial charge in [0.1, 0.15) is 17.3 Å². The van der Waals surface area contributed by atoms with Gasteiger partial charge < -0.3 is 24.3 Å². The summed E-state index contributed by atoms with van der Waals surface area (Å²) < 4.78 is 61.6. The minimum atomic E-state index is -4.56. The van der Waals surface area contributed by atoms with E-state index in [9.17, 15) is 18.0 Å². The van der Waals surface area contributed by atoms with Crippen molar-refractivity contribution >= 4 is 22.6 Å². The molecule has 5 rings (SSSR count). The molecule has 1 amide bonds. The van der Waals surface area contributed by atoms with Crippen LogP contribution in [0.5, 0.6) is 28.7 Å². The molecule has 4 aromatic rings. The summed E-state index contributed by atoms with van der Waals surface area (Å²) in [5.74, 6) is 1.44. The number of aromatic nitrogens is 4. The summed E-state index contributed by atoms with van der Waals surface area (Å²) in [6.07, 6.45) is 4.00. The smallest absolute Gasteiger partial charge is 0.422 e. The van der Waals surface area contributed by atoms with Gasteiger partial charge in [-0.15, -0.1) is 0 Å². The number of halogens is 3. The molecule has 1 saturated carbocycles. The Labute approximate surface area is 233 Å². The van der Waals surface area contributed by atoms with E-state index in [1.807, 2.05) is 0 Å². The van der Waals surface area contributed by atoms with Crippen LogP contribution in [0.4, 0.5) is 19.0 Å². The average molecular weight is 572 g/mol. The van der Waals surface area contributed by atoms with Crippen LogP contribution >= 0.6 is 0 Å². The number of nitrogens with zero attached hydrogens (tertiary/aromatic N) is 4. The van der Waals surface area contributed by atoms with E-state index in [1.165, 1.54) is 37.4 Å². The van der Waals surface area contributed by atoms with Crippen molar-refractivity contribution in [1.82, 2.24) is 19.7 Å². The third kappa shape index (κ3) is 6.79. The van der Waals surface area contributed by atoms with Crippen LogP contribution in [-0.2, 0) is 6.54 Å². The topological polar surface area (TPSA) is 110 Å². The van der Waals surface area contributed by atoms with Gasteiger partial charge in [0.2, 0.25) is 0 Å². The predicted octanol–water partition coefficient (Wildman–Crippen LogP) is 6.02. The monoisotopic (exact) mass is 571 g/mol. The molecule has 0 spiro atoms. The third-order valence-electron chi connectivity index (χ3n) is 6.67. The van der Waals surface area contributed by atoms with Gasteiger partial charge in [0, 0.05) is 24.2 Å². The highest BCUT2D eigenvalue weighted by molar-refractivity contribution is 6.04. The first-order valence-corrected chi connectivity index (χ1v) is 13.0. The second-order valence-electron chi connectivity index (χ2n) is 9.59. The Morgan fingerprint density at radius 2 is 1.78 bits per heavy atom. The fourth-order valence-electron chi connectivity index (χ4n) is 4.73. The summed E-state index contributed by atoms with van der Waals surface area (Å²) in [6, 6.07) is 8.28. The highest BCUT2D eigenvalue weighted by Gasteiger charge is 2.30. The number of anilines is 1. The molecule has 216 valence electrons. The number of methoxy groups -OCH3 is 2. The van der Waals surface area contributed by atoms with Crippen molar-refractivity contribution in [2.75, 3.05) is 26.1 Å². The molecule has 1 aliphatic carbocycles. The summed E-state index contributed by atoms with van der Waals surface area (Å²) in [7, 11) is 3.07. The fraction of sp³-hybridized carbons (Fsp3) is 0.357. The number of alkyl halides is 3. The minimum Gasteiger partial charge on any atom is -0.493 e. The molecule has 10 nitrogen and oxygen atoms in total. The van der Waals surface area contributed by atoms with Crippen LogP contribution in [0.1, 0.15) is 36.2 Å². The molecule has 1 N–H and O–H groups in total. The minimum absolute atomic E-state index is 0.153.